The Labute approximate surface area is 90.8 Å². The minimum atomic E-state index is -0.414. The number of piperidine rings is 1. The van der Waals surface area contributed by atoms with Gasteiger partial charge in [-0.25, -0.2) is 4.79 Å². The molecule has 0 aromatic carbocycles. The minimum absolute atomic E-state index is 0.181. The maximum absolute atomic E-state index is 11.8. The quantitative estimate of drug-likeness (QED) is 0.659. The van der Waals surface area contributed by atoms with Crippen LogP contribution in [0.25, 0.3) is 0 Å². The molecular weight excluding hydrogens is 192 g/mol. The fourth-order valence-electron chi connectivity index (χ4n) is 2.36. The van der Waals surface area contributed by atoms with E-state index >= 15 is 0 Å². The lowest BCUT2D eigenvalue weighted by Gasteiger charge is -2.29. The third-order valence-electron chi connectivity index (χ3n) is 3.11. The number of hydrogen-bond acceptors (Lipinski definition) is 3. The molecule has 2 N–H and O–H groups in total. The second kappa shape index (κ2) is 3.37. The highest BCUT2D eigenvalue weighted by Gasteiger charge is 2.55. The largest absolute Gasteiger partial charge is 0.444 e. The van der Waals surface area contributed by atoms with E-state index in [1.807, 2.05) is 25.7 Å². The number of likely N-dealkylation sites (tertiary alicyclic amines) is 1. The van der Waals surface area contributed by atoms with Crippen LogP contribution >= 0.6 is 0 Å². The van der Waals surface area contributed by atoms with E-state index in [4.69, 9.17) is 10.5 Å². The predicted molar refractivity (Wildman–Crippen MR) is 57.4 cm³/mol. The first kappa shape index (κ1) is 10.7. The molecule has 15 heavy (non-hydrogen) atoms. The summed E-state index contributed by atoms with van der Waals surface area (Å²) in [5.41, 5.74) is 5.50. The van der Waals surface area contributed by atoms with Gasteiger partial charge in [0.15, 0.2) is 0 Å². The lowest BCUT2D eigenvalue weighted by molar-refractivity contribution is 0.0192. The number of carbonyl (C=O) groups excluding carboxylic acids is 1. The van der Waals surface area contributed by atoms with Gasteiger partial charge in [0, 0.05) is 12.6 Å². The van der Waals surface area contributed by atoms with Gasteiger partial charge < -0.3 is 15.4 Å². The van der Waals surface area contributed by atoms with Crippen LogP contribution in [0, 0.1) is 5.92 Å². The van der Waals surface area contributed by atoms with Crippen LogP contribution < -0.4 is 5.73 Å². The van der Waals surface area contributed by atoms with Crippen LogP contribution in [0.2, 0.25) is 0 Å². The van der Waals surface area contributed by atoms with E-state index in [0.29, 0.717) is 5.92 Å². The Morgan fingerprint density at radius 3 is 2.73 bits per heavy atom. The number of rotatable bonds is 0. The number of ether oxygens (including phenoxy) is 1. The molecule has 4 heteroatoms. The molecular formula is C11H20N2O2. The number of nitrogens with two attached hydrogens (primary N) is 1. The summed E-state index contributed by atoms with van der Waals surface area (Å²) in [7, 11) is 0. The highest BCUT2D eigenvalue weighted by Crippen LogP contribution is 2.42. The topological polar surface area (TPSA) is 55.6 Å². The van der Waals surface area contributed by atoms with Gasteiger partial charge >= 0.3 is 6.09 Å². The first-order chi connectivity index (χ1) is 6.90. The standard InChI is InChI=1S/C11H20N2O2/c1-11(2,3)15-10(14)13-6-4-5-7-8(12)9(7)13/h7-9H,4-6,12H2,1-3H3/t7-,8?,9-/m1/s1. The van der Waals surface area contributed by atoms with Crippen LogP contribution in [0.5, 0.6) is 0 Å². The lowest BCUT2D eigenvalue weighted by atomic mass is 10.1. The number of fused-ring (bicyclic) bond motifs is 1. The number of carbonyl (C=O) groups is 1. The molecule has 2 aliphatic rings. The van der Waals surface area contributed by atoms with E-state index in [-0.39, 0.29) is 18.2 Å². The monoisotopic (exact) mass is 212 g/mol. The molecule has 2 fully saturated rings. The van der Waals surface area contributed by atoms with E-state index in [1.165, 1.54) is 0 Å². The molecule has 1 aliphatic carbocycles. The predicted octanol–water partition coefficient (Wildman–Crippen LogP) is 1.34. The molecule has 1 aliphatic heterocycles. The third kappa shape index (κ3) is 2.09. The average molecular weight is 212 g/mol. The van der Waals surface area contributed by atoms with Crippen molar-refractivity contribution in [3.05, 3.63) is 0 Å². The second-order valence-corrected chi connectivity index (χ2v) is 5.55. The van der Waals surface area contributed by atoms with E-state index in [0.717, 1.165) is 19.4 Å². The molecule has 0 spiro atoms. The number of amides is 1. The average Bonchev–Trinajstić information content (AvgIpc) is 2.75. The van der Waals surface area contributed by atoms with E-state index in [1.54, 1.807) is 0 Å². The van der Waals surface area contributed by atoms with Gasteiger partial charge in [-0.1, -0.05) is 0 Å². The van der Waals surface area contributed by atoms with Gasteiger partial charge in [0.1, 0.15) is 5.60 Å². The van der Waals surface area contributed by atoms with Gasteiger partial charge in [0.25, 0.3) is 0 Å². The third-order valence-corrected chi connectivity index (χ3v) is 3.11. The van der Waals surface area contributed by atoms with Crippen LogP contribution in [-0.2, 0) is 4.74 Å². The van der Waals surface area contributed by atoms with E-state index in [9.17, 15) is 4.79 Å². The van der Waals surface area contributed by atoms with Crippen molar-refractivity contribution in [1.29, 1.82) is 0 Å². The summed E-state index contributed by atoms with van der Waals surface area (Å²) < 4.78 is 5.35. The van der Waals surface area contributed by atoms with Crippen molar-refractivity contribution >= 4 is 6.09 Å². The lowest BCUT2D eigenvalue weighted by Crippen LogP contribution is -2.42. The van der Waals surface area contributed by atoms with Crippen molar-refractivity contribution in [2.75, 3.05) is 6.54 Å². The molecule has 1 saturated carbocycles. The Hall–Kier alpha value is -0.770. The van der Waals surface area contributed by atoms with Gasteiger partial charge in [-0.15, -0.1) is 0 Å². The van der Waals surface area contributed by atoms with Gasteiger partial charge in [0.05, 0.1) is 6.04 Å². The maximum Gasteiger partial charge on any atom is 0.410 e. The highest BCUT2D eigenvalue weighted by atomic mass is 16.6. The Morgan fingerprint density at radius 1 is 1.47 bits per heavy atom. The molecule has 0 bridgehead atoms. The van der Waals surface area contributed by atoms with Crippen molar-refractivity contribution in [3.8, 4) is 0 Å². The molecule has 1 amide bonds. The molecule has 2 rings (SSSR count). The fourth-order valence-corrected chi connectivity index (χ4v) is 2.36. The van der Waals surface area contributed by atoms with Crippen molar-refractivity contribution < 1.29 is 9.53 Å². The first-order valence-corrected chi connectivity index (χ1v) is 5.65. The summed E-state index contributed by atoms with van der Waals surface area (Å²) in [6.07, 6.45) is 2.00. The van der Waals surface area contributed by atoms with Crippen LogP contribution in [-0.4, -0.2) is 35.2 Å². The zero-order chi connectivity index (χ0) is 11.2. The van der Waals surface area contributed by atoms with Crippen LogP contribution in [0.4, 0.5) is 4.79 Å². The number of hydrogen-bond donors (Lipinski definition) is 1. The van der Waals surface area contributed by atoms with Crippen molar-refractivity contribution in [2.24, 2.45) is 11.7 Å². The molecule has 0 radical (unpaired) electrons. The van der Waals surface area contributed by atoms with Crippen molar-refractivity contribution in [2.45, 2.75) is 51.3 Å². The first-order valence-electron chi connectivity index (χ1n) is 5.65. The Bertz CT molecular complexity index is 272. The molecule has 0 aromatic heterocycles. The summed E-state index contributed by atoms with van der Waals surface area (Å²) in [5, 5.41) is 0. The number of nitrogens with zero attached hydrogens (tertiary/aromatic N) is 1. The molecule has 86 valence electrons. The highest BCUT2D eigenvalue weighted by molar-refractivity contribution is 5.69. The maximum atomic E-state index is 11.8. The molecule has 0 aromatic rings. The van der Waals surface area contributed by atoms with Crippen LogP contribution in [0.15, 0.2) is 0 Å². The molecule has 4 nitrogen and oxygen atoms in total. The molecule has 1 saturated heterocycles. The zero-order valence-electron chi connectivity index (χ0n) is 9.69. The zero-order valence-corrected chi connectivity index (χ0v) is 9.69. The molecule has 1 unspecified atom stereocenters. The Balaban J connectivity index is 1.96. The Kier molecular flexibility index (Phi) is 2.41. The fraction of sp³-hybridized carbons (Fsp3) is 0.909. The van der Waals surface area contributed by atoms with Gasteiger partial charge in [-0.2, -0.15) is 0 Å². The SMILES string of the molecule is CC(C)(C)OC(=O)N1CCC[C@@H]2C(N)[C@@H]21. The van der Waals surface area contributed by atoms with Crippen LogP contribution in [0.1, 0.15) is 33.6 Å². The van der Waals surface area contributed by atoms with E-state index < -0.39 is 5.60 Å². The van der Waals surface area contributed by atoms with E-state index in [2.05, 4.69) is 0 Å². The van der Waals surface area contributed by atoms with Gasteiger partial charge in [-0.05, 0) is 39.5 Å². The van der Waals surface area contributed by atoms with Crippen LogP contribution in [0.3, 0.4) is 0 Å². The molecule has 3 atom stereocenters. The summed E-state index contributed by atoms with van der Waals surface area (Å²) >= 11 is 0. The summed E-state index contributed by atoms with van der Waals surface area (Å²) in [4.78, 5) is 13.7. The summed E-state index contributed by atoms with van der Waals surface area (Å²) in [6, 6.07) is 0.425. The second-order valence-electron chi connectivity index (χ2n) is 5.55. The summed E-state index contributed by atoms with van der Waals surface area (Å²) in [5.74, 6) is 0.520. The van der Waals surface area contributed by atoms with Gasteiger partial charge in [0.2, 0.25) is 0 Å². The normalized spacial score (nSPS) is 34.7. The van der Waals surface area contributed by atoms with Crippen molar-refractivity contribution in [1.82, 2.24) is 4.90 Å². The summed E-state index contributed by atoms with van der Waals surface area (Å²) in [6.45, 7) is 6.46. The Morgan fingerprint density at radius 2 is 2.13 bits per heavy atom. The van der Waals surface area contributed by atoms with Crippen molar-refractivity contribution in [3.63, 3.8) is 0 Å². The van der Waals surface area contributed by atoms with Gasteiger partial charge in [-0.3, -0.25) is 0 Å². The minimum Gasteiger partial charge on any atom is -0.444 e. The molecule has 1 heterocycles. The smallest absolute Gasteiger partial charge is 0.410 e.